The van der Waals surface area contributed by atoms with E-state index in [0.29, 0.717) is 6.61 Å². The van der Waals surface area contributed by atoms with Gasteiger partial charge in [-0.3, -0.25) is 0 Å². The Morgan fingerprint density at radius 3 is 3.00 bits per heavy atom. The molecule has 1 unspecified atom stereocenters. The topological polar surface area (TPSA) is 35.2 Å². The van der Waals surface area contributed by atoms with Crippen molar-refractivity contribution in [3.63, 3.8) is 0 Å². The van der Waals surface area contributed by atoms with Gasteiger partial charge >= 0.3 is 0 Å². The lowest BCUT2D eigenvalue weighted by molar-refractivity contribution is 0.181. The number of rotatable bonds is 3. The van der Waals surface area contributed by atoms with Crippen LogP contribution in [0.25, 0.3) is 0 Å². The lowest BCUT2D eigenvalue weighted by atomic mass is 10.3. The summed E-state index contributed by atoms with van der Waals surface area (Å²) in [6.45, 7) is 0.569. The molecule has 0 bridgehead atoms. The average Bonchev–Trinajstić information content (AvgIpc) is 2.36. The molecule has 0 saturated heterocycles. The van der Waals surface area contributed by atoms with E-state index >= 15 is 0 Å². The van der Waals surface area contributed by atoms with Crippen molar-refractivity contribution in [2.45, 2.75) is 6.04 Å². The summed E-state index contributed by atoms with van der Waals surface area (Å²) in [7, 11) is 1.65. The van der Waals surface area contributed by atoms with Crippen LogP contribution in [0.2, 0.25) is 0 Å². The first-order valence-electron chi connectivity index (χ1n) is 3.23. The van der Waals surface area contributed by atoms with E-state index < -0.39 is 0 Å². The first-order valence-corrected chi connectivity index (χ1v) is 4.90. The van der Waals surface area contributed by atoms with Crippen molar-refractivity contribution in [3.8, 4) is 0 Å². The van der Waals surface area contributed by atoms with Crippen LogP contribution in [-0.4, -0.2) is 13.7 Å². The van der Waals surface area contributed by atoms with Crippen LogP contribution in [0.3, 0.4) is 0 Å². The molecule has 0 aliphatic carbocycles. The molecule has 1 rings (SSSR count). The number of halogens is 1. The molecule has 0 saturated carbocycles. The minimum Gasteiger partial charge on any atom is -0.383 e. The molecule has 0 aliphatic rings. The van der Waals surface area contributed by atoms with Gasteiger partial charge in [0.15, 0.2) is 0 Å². The Morgan fingerprint density at radius 1 is 1.82 bits per heavy atom. The molecule has 62 valence electrons. The molecule has 11 heavy (non-hydrogen) atoms. The van der Waals surface area contributed by atoms with E-state index in [9.17, 15) is 0 Å². The molecule has 4 heteroatoms. The van der Waals surface area contributed by atoms with Crippen LogP contribution in [0.1, 0.15) is 10.9 Å². The van der Waals surface area contributed by atoms with Gasteiger partial charge in [0, 0.05) is 16.5 Å². The summed E-state index contributed by atoms with van der Waals surface area (Å²) in [4.78, 5) is 1.15. The average molecular weight is 236 g/mol. The molecule has 0 amide bonds. The third-order valence-electron chi connectivity index (χ3n) is 1.33. The SMILES string of the molecule is COCC(N)c1sccc1Br. The Hall–Kier alpha value is 0.100. The van der Waals surface area contributed by atoms with Crippen molar-refractivity contribution in [2.75, 3.05) is 13.7 Å². The lowest BCUT2D eigenvalue weighted by Crippen LogP contribution is -2.14. The molecule has 1 aromatic heterocycles. The van der Waals surface area contributed by atoms with Crippen LogP contribution in [0.4, 0.5) is 0 Å². The molecular formula is C7H10BrNOS. The summed E-state index contributed by atoms with van der Waals surface area (Å²) < 4.78 is 6.02. The maximum absolute atomic E-state index is 5.81. The monoisotopic (exact) mass is 235 g/mol. The molecule has 1 atom stereocenters. The van der Waals surface area contributed by atoms with Gasteiger partial charge in [0.25, 0.3) is 0 Å². The second kappa shape index (κ2) is 4.21. The van der Waals surface area contributed by atoms with Gasteiger partial charge in [0.1, 0.15) is 0 Å². The number of hydrogen-bond donors (Lipinski definition) is 1. The molecule has 0 spiro atoms. The van der Waals surface area contributed by atoms with Crippen LogP contribution in [-0.2, 0) is 4.74 Å². The molecule has 0 radical (unpaired) electrons. The maximum atomic E-state index is 5.81. The molecule has 1 heterocycles. The number of methoxy groups -OCH3 is 1. The third kappa shape index (κ3) is 2.27. The zero-order valence-electron chi connectivity index (χ0n) is 6.21. The van der Waals surface area contributed by atoms with E-state index in [-0.39, 0.29) is 6.04 Å². The van der Waals surface area contributed by atoms with Gasteiger partial charge < -0.3 is 10.5 Å². The molecular weight excluding hydrogens is 226 g/mol. The number of ether oxygens (including phenoxy) is 1. The first kappa shape index (κ1) is 9.19. The van der Waals surface area contributed by atoms with Crippen LogP contribution >= 0.6 is 27.3 Å². The fourth-order valence-electron chi connectivity index (χ4n) is 0.825. The molecule has 2 N–H and O–H groups in total. The third-order valence-corrected chi connectivity index (χ3v) is 3.33. The Morgan fingerprint density at radius 2 is 2.55 bits per heavy atom. The molecule has 2 nitrogen and oxygen atoms in total. The summed E-state index contributed by atoms with van der Waals surface area (Å²) in [5.41, 5.74) is 5.81. The van der Waals surface area contributed by atoms with Gasteiger partial charge in [-0.05, 0) is 27.4 Å². The van der Waals surface area contributed by atoms with Gasteiger partial charge in [-0.25, -0.2) is 0 Å². The van der Waals surface area contributed by atoms with Crippen molar-refractivity contribution in [1.29, 1.82) is 0 Å². The highest BCUT2D eigenvalue weighted by molar-refractivity contribution is 9.10. The highest BCUT2D eigenvalue weighted by Gasteiger charge is 2.09. The second-order valence-corrected chi connectivity index (χ2v) is 4.00. The van der Waals surface area contributed by atoms with Crippen LogP contribution in [0.15, 0.2) is 15.9 Å². The Bertz CT molecular complexity index is 226. The zero-order valence-corrected chi connectivity index (χ0v) is 8.61. The molecule has 0 aromatic carbocycles. The van der Waals surface area contributed by atoms with Gasteiger partial charge in [-0.15, -0.1) is 11.3 Å². The van der Waals surface area contributed by atoms with E-state index in [1.807, 2.05) is 11.4 Å². The fraction of sp³-hybridized carbons (Fsp3) is 0.429. The molecule has 0 fully saturated rings. The predicted molar refractivity (Wildman–Crippen MR) is 50.8 cm³/mol. The summed E-state index contributed by atoms with van der Waals surface area (Å²) in [6.07, 6.45) is 0. The summed E-state index contributed by atoms with van der Waals surface area (Å²) >= 11 is 5.06. The van der Waals surface area contributed by atoms with Crippen LogP contribution < -0.4 is 5.73 Å². The van der Waals surface area contributed by atoms with Gasteiger partial charge in [0.2, 0.25) is 0 Å². The quantitative estimate of drug-likeness (QED) is 0.872. The normalized spacial score (nSPS) is 13.4. The van der Waals surface area contributed by atoms with Gasteiger partial charge in [-0.2, -0.15) is 0 Å². The van der Waals surface area contributed by atoms with Crippen LogP contribution in [0, 0.1) is 0 Å². The first-order chi connectivity index (χ1) is 5.25. The molecule has 0 aliphatic heterocycles. The van der Waals surface area contributed by atoms with E-state index in [1.54, 1.807) is 18.4 Å². The predicted octanol–water partition coefficient (Wildman–Crippen LogP) is 2.16. The zero-order chi connectivity index (χ0) is 8.27. The number of thiophene rings is 1. The Kier molecular flexibility index (Phi) is 3.51. The lowest BCUT2D eigenvalue weighted by Gasteiger charge is -2.07. The number of nitrogens with two attached hydrogens (primary N) is 1. The van der Waals surface area contributed by atoms with Crippen molar-refractivity contribution in [1.82, 2.24) is 0 Å². The second-order valence-electron chi connectivity index (χ2n) is 2.19. The minimum absolute atomic E-state index is 0.00521. The largest absolute Gasteiger partial charge is 0.383 e. The van der Waals surface area contributed by atoms with E-state index in [4.69, 9.17) is 10.5 Å². The minimum atomic E-state index is -0.00521. The Labute approximate surface area is 78.5 Å². The van der Waals surface area contributed by atoms with Crippen molar-refractivity contribution >= 4 is 27.3 Å². The number of hydrogen-bond acceptors (Lipinski definition) is 3. The van der Waals surface area contributed by atoms with Crippen molar-refractivity contribution in [3.05, 3.63) is 20.8 Å². The van der Waals surface area contributed by atoms with Crippen molar-refractivity contribution in [2.24, 2.45) is 5.73 Å². The highest BCUT2D eigenvalue weighted by Crippen LogP contribution is 2.27. The van der Waals surface area contributed by atoms with Gasteiger partial charge in [-0.1, -0.05) is 0 Å². The molecule has 1 aromatic rings. The summed E-state index contributed by atoms with van der Waals surface area (Å²) in [5.74, 6) is 0. The summed E-state index contributed by atoms with van der Waals surface area (Å²) in [5, 5.41) is 2.01. The standard InChI is InChI=1S/C7H10BrNOS/c1-10-4-6(9)7-5(8)2-3-11-7/h2-3,6H,4,9H2,1H3. The smallest absolute Gasteiger partial charge is 0.0664 e. The van der Waals surface area contributed by atoms with Gasteiger partial charge in [0.05, 0.1) is 12.6 Å². The maximum Gasteiger partial charge on any atom is 0.0664 e. The Balaban J connectivity index is 2.67. The summed E-state index contributed by atoms with van der Waals surface area (Å²) in [6, 6.07) is 1.99. The van der Waals surface area contributed by atoms with Crippen molar-refractivity contribution < 1.29 is 4.74 Å². The van der Waals surface area contributed by atoms with E-state index in [1.165, 1.54) is 0 Å². The van der Waals surface area contributed by atoms with Crippen LogP contribution in [0.5, 0.6) is 0 Å². The highest BCUT2D eigenvalue weighted by atomic mass is 79.9. The fourth-order valence-corrected chi connectivity index (χ4v) is 2.48. The van der Waals surface area contributed by atoms with E-state index in [0.717, 1.165) is 9.35 Å². The van der Waals surface area contributed by atoms with E-state index in [2.05, 4.69) is 15.9 Å².